The Bertz CT molecular complexity index is 1110. The van der Waals surface area contributed by atoms with Crippen LogP contribution < -0.4 is 20.2 Å². The van der Waals surface area contributed by atoms with Crippen LogP contribution in [-0.2, 0) is 4.79 Å². The lowest BCUT2D eigenvalue weighted by Crippen LogP contribution is -2.20. The number of anilines is 1. The molecule has 3 rings (SSSR count). The lowest BCUT2D eigenvalue weighted by molar-refractivity contribution is -0.118. The molecule has 7 nitrogen and oxygen atoms in total. The summed E-state index contributed by atoms with van der Waals surface area (Å²) in [6.07, 6.45) is 1.47. The van der Waals surface area contributed by atoms with Gasteiger partial charge in [-0.15, -0.1) is 0 Å². The first-order valence-corrected chi connectivity index (χ1v) is 10.5. The van der Waals surface area contributed by atoms with Crippen molar-refractivity contribution in [1.29, 1.82) is 0 Å². The van der Waals surface area contributed by atoms with Crippen molar-refractivity contribution < 1.29 is 19.1 Å². The predicted octanol–water partition coefficient (Wildman–Crippen LogP) is 4.55. The molecule has 0 atom stereocenters. The molecular weight excluding hydrogens is 474 g/mol. The van der Waals surface area contributed by atoms with Gasteiger partial charge in [0.15, 0.2) is 6.61 Å². The number of carbonyl (C=O) groups excluding carboxylic acids is 2. The SMILES string of the molecule is COc1ccc(NC(=O)COc2ccc(Br)cc2C=NNC(=O)c2ccc(C)cc2)cc1. The minimum atomic E-state index is -0.322. The van der Waals surface area contributed by atoms with Gasteiger partial charge in [0.1, 0.15) is 11.5 Å². The first-order valence-electron chi connectivity index (χ1n) is 9.71. The molecule has 8 heteroatoms. The van der Waals surface area contributed by atoms with Gasteiger partial charge >= 0.3 is 0 Å². The van der Waals surface area contributed by atoms with E-state index in [1.54, 1.807) is 61.7 Å². The summed E-state index contributed by atoms with van der Waals surface area (Å²) in [5.41, 5.74) is 5.30. The number of hydrazone groups is 1. The third-order valence-corrected chi connectivity index (χ3v) is 4.88. The summed E-state index contributed by atoms with van der Waals surface area (Å²) in [4.78, 5) is 24.4. The first kappa shape index (κ1) is 23.0. The molecular formula is C24H22BrN3O4. The van der Waals surface area contributed by atoms with Gasteiger partial charge in [-0.2, -0.15) is 5.10 Å². The molecule has 0 unspecified atom stereocenters. The Hall–Kier alpha value is -3.65. The Morgan fingerprint density at radius 2 is 1.75 bits per heavy atom. The van der Waals surface area contributed by atoms with Crippen LogP contribution in [0.5, 0.6) is 11.5 Å². The Morgan fingerprint density at radius 3 is 2.44 bits per heavy atom. The van der Waals surface area contributed by atoms with Crippen molar-refractivity contribution in [1.82, 2.24) is 5.43 Å². The zero-order valence-electron chi connectivity index (χ0n) is 17.6. The molecule has 0 heterocycles. The molecule has 3 aromatic rings. The number of nitrogens with one attached hydrogen (secondary N) is 2. The highest BCUT2D eigenvalue weighted by Crippen LogP contribution is 2.22. The number of amides is 2. The van der Waals surface area contributed by atoms with E-state index in [4.69, 9.17) is 9.47 Å². The fourth-order valence-electron chi connectivity index (χ4n) is 2.70. The highest BCUT2D eigenvalue weighted by molar-refractivity contribution is 9.10. The molecule has 3 aromatic carbocycles. The van der Waals surface area contributed by atoms with Gasteiger partial charge in [0.05, 0.1) is 13.3 Å². The summed E-state index contributed by atoms with van der Waals surface area (Å²) in [7, 11) is 1.58. The maximum absolute atomic E-state index is 12.2. The van der Waals surface area contributed by atoms with Gasteiger partial charge in [0.2, 0.25) is 0 Å². The second kappa shape index (κ2) is 11.1. The molecule has 0 aromatic heterocycles. The fraction of sp³-hybridized carbons (Fsp3) is 0.125. The smallest absolute Gasteiger partial charge is 0.271 e. The van der Waals surface area contributed by atoms with Gasteiger partial charge in [-0.3, -0.25) is 9.59 Å². The zero-order chi connectivity index (χ0) is 22.9. The molecule has 0 bridgehead atoms. The number of hydrogen-bond donors (Lipinski definition) is 2. The van der Waals surface area contributed by atoms with E-state index in [1.165, 1.54) is 6.21 Å². The van der Waals surface area contributed by atoms with Crippen molar-refractivity contribution >= 4 is 39.6 Å². The van der Waals surface area contributed by atoms with Gasteiger partial charge in [0.25, 0.3) is 11.8 Å². The largest absolute Gasteiger partial charge is 0.497 e. The van der Waals surface area contributed by atoms with Crippen molar-refractivity contribution in [3.8, 4) is 11.5 Å². The Labute approximate surface area is 194 Å². The van der Waals surface area contributed by atoms with Crippen LogP contribution in [0.4, 0.5) is 5.69 Å². The molecule has 2 amide bonds. The number of halogens is 1. The van der Waals surface area contributed by atoms with Crippen molar-refractivity contribution in [3.05, 3.63) is 87.9 Å². The minimum absolute atomic E-state index is 0.190. The summed E-state index contributed by atoms with van der Waals surface area (Å²) in [6, 6.07) is 19.5. The molecule has 0 aliphatic heterocycles. The number of nitrogens with zero attached hydrogens (tertiary/aromatic N) is 1. The van der Waals surface area contributed by atoms with E-state index in [2.05, 4.69) is 31.8 Å². The fourth-order valence-corrected chi connectivity index (χ4v) is 3.08. The molecule has 0 aliphatic carbocycles. The van der Waals surface area contributed by atoms with Crippen molar-refractivity contribution in [3.63, 3.8) is 0 Å². The quantitative estimate of drug-likeness (QED) is 0.354. The van der Waals surface area contributed by atoms with Gasteiger partial charge < -0.3 is 14.8 Å². The van der Waals surface area contributed by atoms with Crippen LogP contribution in [0.15, 0.2) is 76.3 Å². The lowest BCUT2D eigenvalue weighted by atomic mass is 10.1. The zero-order valence-corrected chi connectivity index (χ0v) is 19.2. The number of rotatable bonds is 8. The number of carbonyl (C=O) groups is 2. The molecule has 32 heavy (non-hydrogen) atoms. The average molecular weight is 496 g/mol. The summed E-state index contributed by atoms with van der Waals surface area (Å²) < 4.78 is 11.6. The van der Waals surface area contributed by atoms with Crippen molar-refractivity contribution in [2.24, 2.45) is 5.10 Å². The Balaban J connectivity index is 1.60. The van der Waals surface area contributed by atoms with E-state index in [0.717, 1.165) is 10.0 Å². The molecule has 0 fully saturated rings. The normalized spacial score (nSPS) is 10.6. The molecule has 0 radical (unpaired) electrons. The van der Waals surface area contributed by atoms with E-state index in [9.17, 15) is 9.59 Å². The van der Waals surface area contributed by atoms with Gasteiger partial charge in [0, 0.05) is 21.3 Å². The number of ether oxygens (including phenoxy) is 2. The minimum Gasteiger partial charge on any atom is -0.497 e. The van der Waals surface area contributed by atoms with E-state index < -0.39 is 0 Å². The average Bonchev–Trinajstić information content (AvgIpc) is 2.79. The van der Waals surface area contributed by atoms with E-state index >= 15 is 0 Å². The van der Waals surface area contributed by atoms with Crippen molar-refractivity contribution in [2.45, 2.75) is 6.92 Å². The van der Waals surface area contributed by atoms with Gasteiger partial charge in [-0.1, -0.05) is 33.6 Å². The van der Waals surface area contributed by atoms with Crippen LogP contribution in [0, 0.1) is 6.92 Å². The standard InChI is InChI=1S/C24H22BrN3O4/c1-16-3-5-17(6-4-16)24(30)28-26-14-18-13-19(25)7-12-22(18)32-15-23(29)27-20-8-10-21(31-2)11-9-20/h3-14H,15H2,1-2H3,(H,27,29)(H,28,30). The number of aryl methyl sites for hydroxylation is 1. The Kier molecular flexibility index (Phi) is 7.99. The molecule has 0 spiro atoms. The first-order chi connectivity index (χ1) is 15.4. The van der Waals surface area contributed by atoms with E-state index in [0.29, 0.717) is 28.3 Å². The van der Waals surface area contributed by atoms with Gasteiger partial charge in [-0.25, -0.2) is 5.43 Å². The third kappa shape index (κ3) is 6.68. The lowest BCUT2D eigenvalue weighted by Gasteiger charge is -2.10. The van der Waals surface area contributed by atoms with Crippen LogP contribution >= 0.6 is 15.9 Å². The number of methoxy groups -OCH3 is 1. The number of hydrogen-bond acceptors (Lipinski definition) is 5. The maximum Gasteiger partial charge on any atom is 0.271 e. The molecule has 0 aliphatic rings. The Morgan fingerprint density at radius 1 is 1.03 bits per heavy atom. The second-order valence-electron chi connectivity index (χ2n) is 6.81. The third-order valence-electron chi connectivity index (χ3n) is 4.39. The van der Waals surface area contributed by atoms with Crippen LogP contribution in [0.25, 0.3) is 0 Å². The summed E-state index contributed by atoms with van der Waals surface area (Å²) in [5.74, 6) is 0.519. The monoisotopic (exact) mass is 495 g/mol. The number of benzene rings is 3. The van der Waals surface area contributed by atoms with Crippen LogP contribution in [0.2, 0.25) is 0 Å². The highest BCUT2D eigenvalue weighted by atomic mass is 79.9. The summed E-state index contributed by atoms with van der Waals surface area (Å²) in [6.45, 7) is 1.76. The summed E-state index contributed by atoms with van der Waals surface area (Å²) >= 11 is 3.40. The second-order valence-corrected chi connectivity index (χ2v) is 7.73. The molecule has 164 valence electrons. The van der Waals surface area contributed by atoms with Crippen LogP contribution in [0.1, 0.15) is 21.5 Å². The highest BCUT2D eigenvalue weighted by Gasteiger charge is 2.08. The van der Waals surface area contributed by atoms with Gasteiger partial charge in [-0.05, 0) is 61.5 Å². The van der Waals surface area contributed by atoms with Crippen molar-refractivity contribution in [2.75, 3.05) is 19.0 Å². The topological polar surface area (TPSA) is 89.0 Å². The molecule has 0 saturated heterocycles. The maximum atomic E-state index is 12.2. The van der Waals surface area contributed by atoms with E-state index in [1.807, 2.05) is 19.1 Å². The summed E-state index contributed by atoms with van der Waals surface area (Å²) in [5, 5.41) is 6.77. The van der Waals surface area contributed by atoms with Crippen LogP contribution in [-0.4, -0.2) is 31.7 Å². The van der Waals surface area contributed by atoms with Crippen LogP contribution in [0.3, 0.4) is 0 Å². The van der Waals surface area contributed by atoms with E-state index in [-0.39, 0.29) is 18.4 Å². The molecule has 0 saturated carbocycles. The molecule has 2 N–H and O–H groups in total. The predicted molar refractivity (Wildman–Crippen MR) is 127 cm³/mol.